The maximum Gasteiger partial charge on any atom is 0.292 e. The summed E-state index contributed by atoms with van der Waals surface area (Å²) < 4.78 is 15.9. The van der Waals surface area contributed by atoms with E-state index in [-0.39, 0.29) is 35.5 Å². The molecule has 0 aliphatic carbocycles. The van der Waals surface area contributed by atoms with Gasteiger partial charge in [0.1, 0.15) is 6.10 Å². The van der Waals surface area contributed by atoms with Gasteiger partial charge in [-0.1, -0.05) is 0 Å². The van der Waals surface area contributed by atoms with Crippen LogP contribution < -0.4 is 10.1 Å². The van der Waals surface area contributed by atoms with Gasteiger partial charge in [-0.2, -0.15) is 0 Å². The van der Waals surface area contributed by atoms with Gasteiger partial charge in [0.15, 0.2) is 5.82 Å². The van der Waals surface area contributed by atoms with Crippen LogP contribution in [0.2, 0.25) is 0 Å². The maximum atomic E-state index is 12.6. The molecule has 2 aliphatic rings. The number of carbonyl (C=O) groups is 2. The van der Waals surface area contributed by atoms with Crippen LogP contribution in [-0.4, -0.2) is 64.2 Å². The molecule has 1 N–H and O–H groups in total. The quantitative estimate of drug-likeness (QED) is 0.833. The Kier molecular flexibility index (Phi) is 4.71. The fourth-order valence-corrected chi connectivity index (χ4v) is 3.47. The van der Waals surface area contributed by atoms with Gasteiger partial charge in [-0.05, 0) is 23.9 Å². The topological polar surface area (TPSA) is 120 Å². The number of hydrogen-bond acceptors (Lipinski definition) is 8. The Hall–Kier alpha value is -3.01. The van der Waals surface area contributed by atoms with Gasteiger partial charge < -0.3 is 24.2 Å². The summed E-state index contributed by atoms with van der Waals surface area (Å²) in [5, 5.41) is 6.36. The highest BCUT2D eigenvalue weighted by Gasteiger charge is 2.43. The minimum Gasteiger partial charge on any atom is -0.479 e. The zero-order valence-corrected chi connectivity index (χ0v) is 14.7. The van der Waals surface area contributed by atoms with Gasteiger partial charge in [0.2, 0.25) is 5.76 Å². The second-order valence-corrected chi connectivity index (χ2v) is 6.51. The summed E-state index contributed by atoms with van der Waals surface area (Å²) >= 11 is 0. The molecule has 0 saturated carbocycles. The molecule has 0 spiro atoms. The number of fused-ring (bicyclic) bond motifs is 1. The van der Waals surface area contributed by atoms with E-state index in [1.165, 1.54) is 31.8 Å². The Morgan fingerprint density at radius 2 is 2.26 bits per heavy atom. The summed E-state index contributed by atoms with van der Waals surface area (Å²) in [6.07, 6.45) is 5.14. The monoisotopic (exact) mass is 373 g/mol. The SMILES string of the molecule is COc1cc(C(=O)N2CC[C@H]3C[C@@H](C(=O)Nc4cnccn4)O[C@@H]3C2)on1. The minimum absolute atomic E-state index is 0.125. The summed E-state index contributed by atoms with van der Waals surface area (Å²) in [6.45, 7) is 0.978. The first kappa shape index (κ1) is 17.4. The molecule has 4 heterocycles. The van der Waals surface area contributed by atoms with Crippen molar-refractivity contribution in [2.75, 3.05) is 25.5 Å². The maximum absolute atomic E-state index is 12.6. The molecule has 2 saturated heterocycles. The third-order valence-corrected chi connectivity index (χ3v) is 4.85. The zero-order valence-electron chi connectivity index (χ0n) is 14.7. The van der Waals surface area contributed by atoms with Crippen molar-refractivity contribution in [3.63, 3.8) is 0 Å². The van der Waals surface area contributed by atoms with Gasteiger partial charge in [-0.25, -0.2) is 4.98 Å². The Morgan fingerprint density at radius 1 is 1.37 bits per heavy atom. The number of hydrogen-bond donors (Lipinski definition) is 1. The molecule has 2 aliphatic heterocycles. The Labute approximate surface area is 154 Å². The lowest BCUT2D eigenvalue weighted by Crippen LogP contribution is -2.45. The van der Waals surface area contributed by atoms with E-state index in [1.54, 1.807) is 4.90 Å². The third kappa shape index (κ3) is 3.61. The molecular formula is C17H19N5O5. The number of amides is 2. The normalized spacial score (nSPS) is 24.3. The lowest BCUT2D eigenvalue weighted by Gasteiger charge is -2.33. The summed E-state index contributed by atoms with van der Waals surface area (Å²) in [4.78, 5) is 34.6. The predicted molar refractivity (Wildman–Crippen MR) is 91.0 cm³/mol. The number of aromatic nitrogens is 3. The summed E-state index contributed by atoms with van der Waals surface area (Å²) in [6, 6.07) is 1.46. The number of carbonyl (C=O) groups excluding carboxylic acids is 2. The molecule has 3 atom stereocenters. The van der Waals surface area contributed by atoms with Crippen molar-refractivity contribution in [2.24, 2.45) is 5.92 Å². The van der Waals surface area contributed by atoms with E-state index < -0.39 is 6.10 Å². The van der Waals surface area contributed by atoms with Gasteiger partial charge in [-0.15, -0.1) is 0 Å². The molecule has 0 aromatic carbocycles. The Balaban J connectivity index is 1.36. The van der Waals surface area contributed by atoms with Crippen LogP contribution in [0.3, 0.4) is 0 Å². The summed E-state index contributed by atoms with van der Waals surface area (Å²) in [5.41, 5.74) is 0. The number of nitrogens with zero attached hydrogens (tertiary/aromatic N) is 4. The average Bonchev–Trinajstić information content (AvgIpc) is 3.34. The van der Waals surface area contributed by atoms with Crippen LogP contribution in [0.4, 0.5) is 5.82 Å². The minimum atomic E-state index is -0.567. The van der Waals surface area contributed by atoms with Crippen LogP contribution in [0.25, 0.3) is 0 Å². The summed E-state index contributed by atoms with van der Waals surface area (Å²) in [7, 11) is 1.45. The fourth-order valence-electron chi connectivity index (χ4n) is 3.47. The van der Waals surface area contributed by atoms with Crippen molar-refractivity contribution in [3.8, 4) is 5.88 Å². The van der Waals surface area contributed by atoms with Gasteiger partial charge >= 0.3 is 0 Å². The molecule has 27 heavy (non-hydrogen) atoms. The van der Waals surface area contributed by atoms with Crippen LogP contribution in [0, 0.1) is 5.92 Å². The molecule has 0 unspecified atom stereocenters. The van der Waals surface area contributed by atoms with Crippen molar-refractivity contribution in [2.45, 2.75) is 25.0 Å². The number of ether oxygens (including phenoxy) is 2. The van der Waals surface area contributed by atoms with Crippen LogP contribution in [0.15, 0.2) is 29.2 Å². The van der Waals surface area contributed by atoms with Gasteiger partial charge in [0.25, 0.3) is 17.7 Å². The smallest absolute Gasteiger partial charge is 0.292 e. The Morgan fingerprint density at radius 3 is 3.00 bits per heavy atom. The van der Waals surface area contributed by atoms with E-state index in [1.807, 2.05) is 0 Å². The lowest BCUT2D eigenvalue weighted by molar-refractivity contribution is -0.127. The number of likely N-dealkylation sites (tertiary alicyclic amines) is 1. The van der Waals surface area contributed by atoms with Gasteiger partial charge in [-0.3, -0.25) is 14.6 Å². The number of rotatable bonds is 4. The molecule has 2 aromatic heterocycles. The Bertz CT molecular complexity index is 826. The highest BCUT2D eigenvalue weighted by atomic mass is 16.5. The highest BCUT2D eigenvalue weighted by Crippen LogP contribution is 2.34. The molecular weight excluding hydrogens is 354 g/mol. The first-order valence-corrected chi connectivity index (χ1v) is 8.66. The summed E-state index contributed by atoms with van der Waals surface area (Å²) in [5.74, 6) is 0.488. The van der Waals surface area contributed by atoms with E-state index >= 15 is 0 Å². The van der Waals surface area contributed by atoms with Crippen molar-refractivity contribution < 1.29 is 23.6 Å². The second-order valence-electron chi connectivity index (χ2n) is 6.51. The number of nitrogens with one attached hydrogen (secondary N) is 1. The molecule has 2 aromatic rings. The first-order valence-electron chi connectivity index (χ1n) is 8.66. The molecule has 0 radical (unpaired) electrons. The standard InChI is InChI=1S/C17H19N5O5/c1-25-15-7-12(27-21-15)17(24)22-5-2-10-6-11(26-13(10)9-22)16(23)20-14-8-18-3-4-19-14/h3-4,7-8,10-11,13H,2,5-6,9H2,1H3,(H,19,20,23)/t10-,11-,13+/m0/s1. The van der Waals surface area contributed by atoms with E-state index in [2.05, 4.69) is 20.4 Å². The predicted octanol–water partition coefficient (Wildman–Crippen LogP) is 0.731. The third-order valence-electron chi connectivity index (χ3n) is 4.85. The number of anilines is 1. The average molecular weight is 373 g/mol. The number of piperidine rings is 1. The van der Waals surface area contributed by atoms with E-state index in [4.69, 9.17) is 14.0 Å². The molecule has 10 nitrogen and oxygen atoms in total. The van der Waals surface area contributed by atoms with Crippen molar-refractivity contribution >= 4 is 17.6 Å². The van der Waals surface area contributed by atoms with Crippen molar-refractivity contribution in [1.82, 2.24) is 20.0 Å². The van der Waals surface area contributed by atoms with Crippen molar-refractivity contribution in [3.05, 3.63) is 30.4 Å². The molecule has 0 bridgehead atoms. The largest absolute Gasteiger partial charge is 0.479 e. The van der Waals surface area contributed by atoms with Crippen molar-refractivity contribution in [1.29, 1.82) is 0 Å². The molecule has 2 fully saturated rings. The van der Waals surface area contributed by atoms with Gasteiger partial charge in [0.05, 0.1) is 25.5 Å². The van der Waals surface area contributed by atoms with Gasteiger partial charge in [0, 0.05) is 25.5 Å². The first-order chi connectivity index (χ1) is 13.1. The van der Waals surface area contributed by atoms with E-state index in [9.17, 15) is 9.59 Å². The number of methoxy groups -OCH3 is 1. The fraction of sp³-hybridized carbons (Fsp3) is 0.471. The molecule has 4 rings (SSSR count). The zero-order chi connectivity index (χ0) is 18.8. The van der Waals surface area contributed by atoms with E-state index in [0.29, 0.717) is 25.3 Å². The van der Waals surface area contributed by atoms with Crippen LogP contribution in [-0.2, 0) is 9.53 Å². The van der Waals surface area contributed by atoms with Crippen LogP contribution >= 0.6 is 0 Å². The highest BCUT2D eigenvalue weighted by molar-refractivity contribution is 5.93. The molecule has 10 heteroatoms. The lowest BCUT2D eigenvalue weighted by atomic mass is 9.91. The molecule has 142 valence electrons. The van der Waals surface area contributed by atoms with Crippen LogP contribution in [0.1, 0.15) is 23.4 Å². The van der Waals surface area contributed by atoms with E-state index in [0.717, 1.165) is 6.42 Å². The molecule has 2 amide bonds. The second kappa shape index (κ2) is 7.31. The van der Waals surface area contributed by atoms with Crippen LogP contribution in [0.5, 0.6) is 5.88 Å².